The lowest BCUT2D eigenvalue weighted by atomic mass is 10.1. The van der Waals surface area contributed by atoms with Crippen LogP contribution in [-0.2, 0) is 4.74 Å². The van der Waals surface area contributed by atoms with Crippen molar-refractivity contribution >= 4 is 5.97 Å². The molecule has 0 aliphatic rings. The van der Waals surface area contributed by atoms with E-state index in [-0.39, 0.29) is 5.89 Å². The molecule has 28 heavy (non-hydrogen) atoms. The molecule has 4 rings (SSSR count). The average molecular weight is 374 g/mol. The molecule has 4 aromatic rings. The molecule has 2 heterocycles. The van der Waals surface area contributed by atoms with Crippen molar-refractivity contribution in [3.8, 4) is 17.1 Å². The zero-order valence-corrected chi connectivity index (χ0v) is 15.4. The van der Waals surface area contributed by atoms with Crippen LogP contribution in [-0.4, -0.2) is 25.9 Å². The third kappa shape index (κ3) is 3.68. The van der Waals surface area contributed by atoms with Crippen molar-refractivity contribution < 1.29 is 13.9 Å². The molecule has 0 radical (unpaired) electrons. The van der Waals surface area contributed by atoms with Crippen LogP contribution in [0.1, 0.15) is 34.8 Å². The summed E-state index contributed by atoms with van der Waals surface area (Å²) in [6.07, 6.45) is 2.41. The normalized spacial score (nSPS) is 11.9. The number of carbonyl (C=O) groups excluding carboxylic acids is 1. The molecule has 0 aliphatic heterocycles. The first-order chi connectivity index (χ1) is 13.6. The van der Waals surface area contributed by atoms with Crippen molar-refractivity contribution in [2.24, 2.45) is 0 Å². The van der Waals surface area contributed by atoms with Crippen LogP contribution in [0.3, 0.4) is 0 Å². The molecule has 140 valence electrons. The molecule has 1 atom stereocenters. The first-order valence-electron chi connectivity index (χ1n) is 8.81. The van der Waals surface area contributed by atoms with Gasteiger partial charge in [-0.05, 0) is 38.1 Å². The van der Waals surface area contributed by atoms with Gasteiger partial charge in [-0.25, -0.2) is 9.48 Å². The van der Waals surface area contributed by atoms with E-state index in [0.717, 1.165) is 16.8 Å². The Bertz CT molecular complexity index is 1100. The zero-order valence-electron chi connectivity index (χ0n) is 15.4. The van der Waals surface area contributed by atoms with Crippen LogP contribution in [0.15, 0.2) is 71.4 Å². The summed E-state index contributed by atoms with van der Waals surface area (Å²) in [5, 5.41) is 12.3. The first kappa shape index (κ1) is 17.7. The van der Waals surface area contributed by atoms with Crippen molar-refractivity contribution in [2.75, 3.05) is 0 Å². The summed E-state index contributed by atoms with van der Waals surface area (Å²) in [4.78, 5) is 12.4. The summed E-state index contributed by atoms with van der Waals surface area (Å²) in [6.45, 7) is 3.67. The summed E-state index contributed by atoms with van der Waals surface area (Å²) in [6, 6.07) is 17.3. The molecular weight excluding hydrogens is 356 g/mol. The number of hydrogen-bond donors (Lipinski definition) is 0. The highest BCUT2D eigenvalue weighted by molar-refractivity contribution is 5.89. The molecule has 7 nitrogen and oxygen atoms in total. The monoisotopic (exact) mass is 374 g/mol. The molecule has 0 saturated carbocycles. The molecule has 0 spiro atoms. The Morgan fingerprint density at radius 2 is 1.93 bits per heavy atom. The topological polar surface area (TPSA) is 83.0 Å². The Kier molecular flexibility index (Phi) is 4.72. The van der Waals surface area contributed by atoms with Gasteiger partial charge in [-0.2, -0.15) is 5.10 Å². The smallest absolute Gasteiger partial charge is 0.342 e. The van der Waals surface area contributed by atoms with Crippen molar-refractivity contribution in [1.29, 1.82) is 0 Å². The summed E-state index contributed by atoms with van der Waals surface area (Å²) in [5.74, 6) is 0.115. The van der Waals surface area contributed by atoms with Crippen molar-refractivity contribution in [2.45, 2.75) is 20.0 Å². The lowest BCUT2D eigenvalue weighted by Crippen LogP contribution is -2.09. The second-order valence-electron chi connectivity index (χ2n) is 6.37. The highest BCUT2D eigenvalue weighted by atomic mass is 16.6. The Hall–Kier alpha value is -3.74. The van der Waals surface area contributed by atoms with Crippen molar-refractivity contribution in [3.63, 3.8) is 0 Å². The lowest BCUT2D eigenvalue weighted by Gasteiger charge is -2.08. The number of nitrogens with zero attached hydrogens (tertiary/aromatic N) is 4. The number of esters is 1. The van der Waals surface area contributed by atoms with Crippen LogP contribution in [0.4, 0.5) is 0 Å². The van der Waals surface area contributed by atoms with Gasteiger partial charge in [-0.3, -0.25) is 0 Å². The van der Waals surface area contributed by atoms with Gasteiger partial charge in [-0.1, -0.05) is 35.9 Å². The maximum absolute atomic E-state index is 12.4. The Morgan fingerprint density at radius 3 is 2.71 bits per heavy atom. The van der Waals surface area contributed by atoms with Crippen LogP contribution >= 0.6 is 0 Å². The lowest BCUT2D eigenvalue weighted by molar-refractivity contribution is 0.0280. The molecule has 2 aromatic heterocycles. The number of para-hydroxylation sites is 1. The summed E-state index contributed by atoms with van der Waals surface area (Å²) >= 11 is 0. The van der Waals surface area contributed by atoms with Gasteiger partial charge in [-0.15, -0.1) is 10.2 Å². The minimum Gasteiger partial charge on any atom is -0.449 e. The average Bonchev–Trinajstić information content (AvgIpc) is 3.39. The maximum atomic E-state index is 12.4. The van der Waals surface area contributed by atoms with E-state index in [4.69, 9.17) is 9.15 Å². The minimum absolute atomic E-state index is 0.236. The Labute approximate surface area is 161 Å². The fraction of sp³-hybridized carbons (Fsp3) is 0.143. The quantitative estimate of drug-likeness (QED) is 0.488. The number of aryl methyl sites for hydroxylation is 1. The van der Waals surface area contributed by atoms with Crippen molar-refractivity contribution in [1.82, 2.24) is 20.0 Å². The summed E-state index contributed by atoms with van der Waals surface area (Å²) in [7, 11) is 0. The highest BCUT2D eigenvalue weighted by Crippen LogP contribution is 2.23. The van der Waals surface area contributed by atoms with Gasteiger partial charge in [0.15, 0.2) is 6.10 Å². The molecule has 7 heteroatoms. The molecule has 0 N–H and O–H groups in total. The predicted molar refractivity (Wildman–Crippen MR) is 102 cm³/mol. The van der Waals surface area contributed by atoms with E-state index in [0.29, 0.717) is 11.5 Å². The summed E-state index contributed by atoms with van der Waals surface area (Å²) < 4.78 is 12.7. The van der Waals surface area contributed by atoms with E-state index in [1.54, 1.807) is 17.8 Å². The molecule has 0 aliphatic carbocycles. The second kappa shape index (κ2) is 7.48. The standard InChI is InChI=1S/C21H18N4O3/c1-14-7-6-8-16(11-14)20-24-23-19(28-20)15(2)27-21(26)17-12-22-25(13-17)18-9-4-3-5-10-18/h3-13,15H,1-2H3. The van der Waals surface area contributed by atoms with E-state index >= 15 is 0 Å². The highest BCUT2D eigenvalue weighted by Gasteiger charge is 2.21. The van der Waals surface area contributed by atoms with E-state index < -0.39 is 12.1 Å². The van der Waals surface area contributed by atoms with Gasteiger partial charge in [0.1, 0.15) is 0 Å². The van der Waals surface area contributed by atoms with Gasteiger partial charge in [0.25, 0.3) is 5.89 Å². The molecule has 0 amide bonds. The number of aromatic nitrogens is 4. The summed E-state index contributed by atoms with van der Waals surface area (Å²) in [5.41, 5.74) is 3.11. The van der Waals surface area contributed by atoms with Crippen LogP contribution in [0, 0.1) is 6.92 Å². The largest absolute Gasteiger partial charge is 0.449 e. The Morgan fingerprint density at radius 1 is 1.11 bits per heavy atom. The molecular formula is C21H18N4O3. The van der Waals surface area contributed by atoms with Gasteiger partial charge in [0.2, 0.25) is 5.89 Å². The van der Waals surface area contributed by atoms with Gasteiger partial charge in [0, 0.05) is 11.8 Å². The minimum atomic E-state index is -0.682. The SMILES string of the molecule is Cc1cccc(-c2nnc(C(C)OC(=O)c3cnn(-c4ccccc4)c3)o2)c1. The number of hydrogen-bond acceptors (Lipinski definition) is 6. The van der Waals surface area contributed by atoms with E-state index in [9.17, 15) is 4.79 Å². The van der Waals surface area contributed by atoms with E-state index in [1.165, 1.54) is 6.20 Å². The van der Waals surface area contributed by atoms with Crippen LogP contribution in [0.5, 0.6) is 0 Å². The fourth-order valence-electron chi connectivity index (χ4n) is 2.72. The van der Waals surface area contributed by atoms with Gasteiger partial charge >= 0.3 is 5.97 Å². The van der Waals surface area contributed by atoms with Gasteiger partial charge < -0.3 is 9.15 Å². The first-order valence-corrected chi connectivity index (χ1v) is 8.81. The predicted octanol–water partition coefficient (Wildman–Crippen LogP) is 4.15. The van der Waals surface area contributed by atoms with Crippen LogP contribution in [0.25, 0.3) is 17.1 Å². The number of rotatable bonds is 5. The third-order valence-corrected chi connectivity index (χ3v) is 4.18. The van der Waals surface area contributed by atoms with Crippen LogP contribution in [0.2, 0.25) is 0 Å². The molecule has 1 unspecified atom stereocenters. The van der Waals surface area contributed by atoms with Crippen molar-refractivity contribution in [3.05, 3.63) is 84.0 Å². The fourth-order valence-corrected chi connectivity index (χ4v) is 2.72. The zero-order chi connectivity index (χ0) is 19.5. The van der Waals surface area contributed by atoms with E-state index in [2.05, 4.69) is 15.3 Å². The van der Waals surface area contributed by atoms with Crippen LogP contribution < -0.4 is 0 Å². The Balaban J connectivity index is 1.46. The second-order valence-corrected chi connectivity index (χ2v) is 6.37. The molecule has 0 bridgehead atoms. The number of ether oxygens (including phenoxy) is 1. The molecule has 0 saturated heterocycles. The number of carbonyl (C=O) groups is 1. The maximum Gasteiger partial charge on any atom is 0.342 e. The number of benzene rings is 2. The molecule has 2 aromatic carbocycles. The third-order valence-electron chi connectivity index (χ3n) is 4.18. The molecule has 0 fully saturated rings. The van der Waals surface area contributed by atoms with E-state index in [1.807, 2.05) is 61.5 Å². The van der Waals surface area contributed by atoms with Gasteiger partial charge in [0.05, 0.1) is 17.4 Å².